The van der Waals surface area contributed by atoms with Gasteiger partial charge in [0.2, 0.25) is 0 Å². The lowest BCUT2D eigenvalue weighted by Crippen LogP contribution is -2.50. The van der Waals surface area contributed by atoms with E-state index in [-0.39, 0.29) is 0 Å². The first-order valence-corrected chi connectivity index (χ1v) is 7.05. The summed E-state index contributed by atoms with van der Waals surface area (Å²) in [5.41, 5.74) is 0. The van der Waals surface area contributed by atoms with Crippen LogP contribution in [0.2, 0.25) is 0 Å². The van der Waals surface area contributed by atoms with Crippen LogP contribution in [-0.2, 0) is 0 Å². The molecular weight excluding hydrogens is 196 g/mol. The highest BCUT2D eigenvalue weighted by Gasteiger charge is 2.38. The summed E-state index contributed by atoms with van der Waals surface area (Å²) in [6.07, 6.45) is 11.8. The zero-order valence-corrected chi connectivity index (χ0v) is 10.4. The number of rotatable bonds is 2. The topological polar surface area (TPSA) is 6.48 Å². The van der Waals surface area contributed by atoms with E-state index < -0.39 is 0 Å². The van der Waals surface area contributed by atoms with E-state index in [9.17, 15) is 0 Å². The van der Waals surface area contributed by atoms with Crippen molar-refractivity contribution in [1.29, 1.82) is 0 Å². The molecule has 0 N–H and O–H groups in total. The third kappa shape index (κ3) is 1.82. The smallest absolute Gasteiger partial charge is 0.0284 e. The molecule has 0 amide bonds. The van der Waals surface area contributed by atoms with E-state index in [1.54, 1.807) is 0 Å². The van der Waals surface area contributed by atoms with E-state index in [1.807, 2.05) is 0 Å². The first-order valence-electron chi connectivity index (χ1n) is 7.05. The first-order chi connectivity index (χ1) is 7.88. The summed E-state index contributed by atoms with van der Waals surface area (Å²) in [6.45, 7) is 6.16. The molecule has 0 aromatic heterocycles. The molecule has 3 aliphatic heterocycles. The lowest BCUT2D eigenvalue weighted by atomic mass is 9.98. The Morgan fingerprint density at radius 1 is 1.06 bits per heavy atom. The second-order valence-corrected chi connectivity index (χ2v) is 5.58. The average Bonchev–Trinajstić information content (AvgIpc) is 2.59. The molecule has 0 aromatic carbocycles. The Morgan fingerprint density at radius 2 is 1.88 bits per heavy atom. The van der Waals surface area contributed by atoms with E-state index >= 15 is 0 Å². The number of nitrogens with zero attached hydrogens (tertiary/aromatic N) is 2. The van der Waals surface area contributed by atoms with Gasteiger partial charge in [-0.05, 0) is 51.7 Å². The zero-order chi connectivity index (χ0) is 11.0. The van der Waals surface area contributed by atoms with E-state index in [2.05, 4.69) is 28.9 Å². The molecule has 3 rings (SSSR count). The van der Waals surface area contributed by atoms with Crippen molar-refractivity contribution in [2.45, 2.75) is 57.2 Å². The summed E-state index contributed by atoms with van der Waals surface area (Å²) >= 11 is 0. The highest BCUT2D eigenvalue weighted by Crippen LogP contribution is 2.35. The third-order valence-corrected chi connectivity index (χ3v) is 4.79. The van der Waals surface area contributed by atoms with E-state index in [0.717, 1.165) is 18.1 Å². The summed E-state index contributed by atoms with van der Waals surface area (Å²) in [7, 11) is 0. The second-order valence-electron chi connectivity index (χ2n) is 5.58. The molecule has 16 heavy (non-hydrogen) atoms. The summed E-state index contributed by atoms with van der Waals surface area (Å²) < 4.78 is 0. The minimum Gasteiger partial charge on any atom is -0.303 e. The van der Waals surface area contributed by atoms with Gasteiger partial charge in [-0.3, -0.25) is 4.90 Å². The molecule has 2 heteroatoms. The quantitative estimate of drug-likeness (QED) is 0.659. The minimum atomic E-state index is 0.789. The fourth-order valence-electron chi connectivity index (χ4n) is 3.86. The standard InChI is InChI=1S/C14H24N2/c1-2-15-10-8-14(9-11-15)16-12-4-3-5-13(16)7-6-12/h3-4,12-14H,2,5-11H2,1H3. The molecule has 2 nitrogen and oxygen atoms in total. The van der Waals surface area contributed by atoms with Crippen LogP contribution in [0.5, 0.6) is 0 Å². The maximum Gasteiger partial charge on any atom is 0.0284 e. The molecule has 3 aliphatic rings. The van der Waals surface area contributed by atoms with Gasteiger partial charge in [0, 0.05) is 18.1 Å². The van der Waals surface area contributed by atoms with Gasteiger partial charge in [-0.2, -0.15) is 0 Å². The first kappa shape index (κ1) is 10.8. The summed E-state index contributed by atoms with van der Waals surface area (Å²) in [5, 5.41) is 0. The monoisotopic (exact) mass is 220 g/mol. The van der Waals surface area contributed by atoms with Crippen LogP contribution in [0.15, 0.2) is 12.2 Å². The highest BCUT2D eigenvalue weighted by atomic mass is 15.3. The van der Waals surface area contributed by atoms with Crippen LogP contribution < -0.4 is 0 Å². The van der Waals surface area contributed by atoms with Gasteiger partial charge < -0.3 is 4.90 Å². The van der Waals surface area contributed by atoms with Gasteiger partial charge in [-0.15, -0.1) is 0 Å². The van der Waals surface area contributed by atoms with Crippen LogP contribution >= 0.6 is 0 Å². The molecule has 0 aromatic rings. The number of hydrogen-bond acceptors (Lipinski definition) is 2. The Bertz CT molecular complexity index is 266. The molecule has 3 heterocycles. The normalized spacial score (nSPS) is 37.1. The van der Waals surface area contributed by atoms with Gasteiger partial charge in [-0.25, -0.2) is 0 Å². The Morgan fingerprint density at radius 3 is 2.56 bits per heavy atom. The van der Waals surface area contributed by atoms with E-state index in [0.29, 0.717) is 0 Å². The fourth-order valence-corrected chi connectivity index (χ4v) is 3.86. The molecule has 2 unspecified atom stereocenters. The largest absolute Gasteiger partial charge is 0.303 e. The highest BCUT2D eigenvalue weighted by molar-refractivity contribution is 5.10. The molecule has 0 aliphatic carbocycles. The summed E-state index contributed by atoms with van der Waals surface area (Å²) in [4.78, 5) is 5.45. The van der Waals surface area contributed by atoms with Crippen molar-refractivity contribution >= 4 is 0 Å². The molecule has 2 saturated heterocycles. The van der Waals surface area contributed by atoms with Gasteiger partial charge in [0.1, 0.15) is 0 Å². The molecule has 2 fully saturated rings. The van der Waals surface area contributed by atoms with Crippen LogP contribution in [0.1, 0.15) is 39.0 Å². The average molecular weight is 220 g/mol. The number of fused-ring (bicyclic) bond motifs is 2. The summed E-state index contributed by atoms with van der Waals surface area (Å²) in [5.74, 6) is 0. The van der Waals surface area contributed by atoms with Crippen LogP contribution in [0, 0.1) is 0 Å². The molecule has 0 radical (unpaired) electrons. The summed E-state index contributed by atoms with van der Waals surface area (Å²) in [6, 6.07) is 2.55. The Balaban J connectivity index is 1.64. The molecule has 2 bridgehead atoms. The Kier molecular flexibility index (Phi) is 3.03. The Labute approximate surface area is 99.3 Å². The molecular formula is C14H24N2. The number of hydrogen-bond donors (Lipinski definition) is 0. The fraction of sp³-hybridized carbons (Fsp3) is 0.857. The lowest BCUT2D eigenvalue weighted by molar-refractivity contribution is 0.0795. The van der Waals surface area contributed by atoms with Crippen LogP contribution in [0.3, 0.4) is 0 Å². The van der Waals surface area contributed by atoms with Gasteiger partial charge in [0.15, 0.2) is 0 Å². The van der Waals surface area contributed by atoms with Crippen molar-refractivity contribution in [2.75, 3.05) is 19.6 Å². The zero-order valence-electron chi connectivity index (χ0n) is 10.4. The van der Waals surface area contributed by atoms with Gasteiger partial charge in [-0.1, -0.05) is 19.1 Å². The van der Waals surface area contributed by atoms with E-state index in [4.69, 9.17) is 0 Å². The maximum atomic E-state index is 2.85. The van der Waals surface area contributed by atoms with E-state index in [1.165, 1.54) is 51.7 Å². The lowest BCUT2D eigenvalue weighted by Gasteiger charge is -2.42. The van der Waals surface area contributed by atoms with Crippen LogP contribution in [0.4, 0.5) is 0 Å². The third-order valence-electron chi connectivity index (χ3n) is 4.79. The van der Waals surface area contributed by atoms with Gasteiger partial charge in [0.05, 0.1) is 0 Å². The maximum absolute atomic E-state index is 2.85. The number of piperidine rings is 1. The molecule has 90 valence electrons. The van der Waals surface area contributed by atoms with Crippen molar-refractivity contribution in [3.05, 3.63) is 12.2 Å². The Hall–Kier alpha value is -0.340. The van der Waals surface area contributed by atoms with Crippen molar-refractivity contribution in [3.63, 3.8) is 0 Å². The predicted molar refractivity (Wildman–Crippen MR) is 67.5 cm³/mol. The van der Waals surface area contributed by atoms with Crippen molar-refractivity contribution in [1.82, 2.24) is 9.80 Å². The van der Waals surface area contributed by atoms with Crippen LogP contribution in [0.25, 0.3) is 0 Å². The van der Waals surface area contributed by atoms with Crippen molar-refractivity contribution < 1.29 is 0 Å². The van der Waals surface area contributed by atoms with Crippen LogP contribution in [-0.4, -0.2) is 47.6 Å². The van der Waals surface area contributed by atoms with Gasteiger partial charge in [0.25, 0.3) is 0 Å². The van der Waals surface area contributed by atoms with Crippen molar-refractivity contribution in [2.24, 2.45) is 0 Å². The van der Waals surface area contributed by atoms with Gasteiger partial charge >= 0.3 is 0 Å². The number of likely N-dealkylation sites (tertiary alicyclic amines) is 1. The molecule has 0 spiro atoms. The predicted octanol–water partition coefficient (Wildman–Crippen LogP) is 2.26. The second kappa shape index (κ2) is 4.50. The minimum absolute atomic E-state index is 0.789. The molecule has 2 atom stereocenters. The van der Waals surface area contributed by atoms with Crippen molar-refractivity contribution in [3.8, 4) is 0 Å². The molecule has 0 saturated carbocycles. The SMILES string of the molecule is CCN1CCC(N2C3C=CCC2CC3)CC1.